The minimum atomic E-state index is -0.923. The van der Waals surface area contributed by atoms with Gasteiger partial charge in [-0.2, -0.15) is 5.10 Å². The summed E-state index contributed by atoms with van der Waals surface area (Å²) in [5.74, 6) is -0.609. The fraction of sp³-hybridized carbons (Fsp3) is 0.0625. The van der Waals surface area contributed by atoms with E-state index in [0.29, 0.717) is 32.2 Å². The molecule has 1 heterocycles. The quantitative estimate of drug-likeness (QED) is 0.450. The molecule has 25 heavy (non-hydrogen) atoms. The van der Waals surface area contributed by atoms with Gasteiger partial charge in [-0.05, 0) is 40.2 Å². The van der Waals surface area contributed by atoms with E-state index in [2.05, 4.69) is 31.8 Å². The predicted octanol–water partition coefficient (Wildman–Crippen LogP) is 2.92. The Labute approximate surface area is 156 Å². The van der Waals surface area contributed by atoms with Crippen LogP contribution in [0.5, 0.6) is 11.5 Å². The highest BCUT2D eigenvalue weighted by Crippen LogP contribution is 2.36. The normalized spacial score (nSPS) is 12.2. The van der Waals surface area contributed by atoms with E-state index in [4.69, 9.17) is 21.1 Å². The van der Waals surface area contributed by atoms with Crippen LogP contribution in [0, 0.1) is 0 Å². The Kier molecular flexibility index (Phi) is 5.20. The van der Waals surface area contributed by atoms with Crippen LogP contribution in [0.3, 0.4) is 0 Å². The molecule has 2 aromatic carbocycles. The zero-order valence-corrected chi connectivity index (χ0v) is 14.9. The molecular weight excluding hydrogens is 414 g/mol. The number of nitrogens with zero attached hydrogens (tertiary/aromatic N) is 1. The van der Waals surface area contributed by atoms with E-state index in [1.54, 1.807) is 36.4 Å². The molecule has 0 atom stereocenters. The molecule has 0 unspecified atom stereocenters. The second-order valence-electron chi connectivity index (χ2n) is 4.86. The van der Waals surface area contributed by atoms with Gasteiger partial charge >= 0.3 is 11.8 Å². The van der Waals surface area contributed by atoms with Crippen LogP contribution in [-0.2, 0) is 9.59 Å². The SMILES string of the molecule is O=C(N/N=C\c1cc2c(cc1Br)OCO2)C(=O)Nc1ccccc1Cl. The molecule has 9 heteroatoms. The molecule has 0 fully saturated rings. The first-order valence-electron chi connectivity index (χ1n) is 7.02. The summed E-state index contributed by atoms with van der Waals surface area (Å²) in [6, 6.07) is 10.0. The van der Waals surface area contributed by atoms with Crippen molar-refractivity contribution in [3.8, 4) is 11.5 Å². The Morgan fingerprint density at radius 1 is 1.16 bits per heavy atom. The van der Waals surface area contributed by atoms with Crippen molar-refractivity contribution < 1.29 is 19.1 Å². The maximum absolute atomic E-state index is 11.8. The minimum absolute atomic E-state index is 0.154. The van der Waals surface area contributed by atoms with Gasteiger partial charge in [0.05, 0.1) is 16.9 Å². The summed E-state index contributed by atoms with van der Waals surface area (Å²) in [6.45, 7) is 0.154. The van der Waals surface area contributed by atoms with Gasteiger partial charge in [0.25, 0.3) is 0 Å². The van der Waals surface area contributed by atoms with Gasteiger partial charge in [0.1, 0.15) is 0 Å². The van der Waals surface area contributed by atoms with E-state index in [-0.39, 0.29) is 6.79 Å². The molecule has 1 aliphatic heterocycles. The van der Waals surface area contributed by atoms with Crippen LogP contribution in [0.25, 0.3) is 0 Å². The highest BCUT2D eigenvalue weighted by atomic mass is 79.9. The van der Waals surface area contributed by atoms with Crippen molar-refractivity contribution in [3.63, 3.8) is 0 Å². The maximum Gasteiger partial charge on any atom is 0.329 e. The number of rotatable bonds is 3. The number of hydrogen-bond acceptors (Lipinski definition) is 5. The molecule has 0 saturated heterocycles. The molecule has 0 aliphatic carbocycles. The number of nitrogens with one attached hydrogen (secondary N) is 2. The molecule has 0 saturated carbocycles. The summed E-state index contributed by atoms with van der Waals surface area (Å²) >= 11 is 9.28. The molecule has 0 radical (unpaired) electrons. The lowest BCUT2D eigenvalue weighted by molar-refractivity contribution is -0.136. The van der Waals surface area contributed by atoms with Crippen LogP contribution in [0.15, 0.2) is 46.0 Å². The molecule has 128 valence electrons. The Bertz CT molecular complexity index is 872. The number of hydrogen-bond donors (Lipinski definition) is 2. The van der Waals surface area contributed by atoms with Crippen molar-refractivity contribution >= 4 is 51.2 Å². The first-order valence-corrected chi connectivity index (χ1v) is 8.20. The lowest BCUT2D eigenvalue weighted by Crippen LogP contribution is -2.32. The maximum atomic E-state index is 11.8. The number of amides is 2. The van der Waals surface area contributed by atoms with E-state index in [1.807, 2.05) is 0 Å². The third kappa shape index (κ3) is 4.09. The van der Waals surface area contributed by atoms with Crippen molar-refractivity contribution in [1.82, 2.24) is 5.43 Å². The van der Waals surface area contributed by atoms with E-state index < -0.39 is 11.8 Å². The topological polar surface area (TPSA) is 89.0 Å². The second kappa shape index (κ2) is 7.54. The highest BCUT2D eigenvalue weighted by Gasteiger charge is 2.16. The van der Waals surface area contributed by atoms with Crippen LogP contribution in [0.2, 0.25) is 5.02 Å². The third-order valence-corrected chi connectivity index (χ3v) is 4.21. The summed E-state index contributed by atoms with van der Waals surface area (Å²) in [5.41, 5.74) is 3.14. The number of carbonyl (C=O) groups is 2. The van der Waals surface area contributed by atoms with E-state index in [9.17, 15) is 9.59 Å². The molecule has 0 aromatic heterocycles. The molecule has 0 spiro atoms. The molecule has 7 nitrogen and oxygen atoms in total. The molecular formula is C16H11BrClN3O4. The molecule has 2 N–H and O–H groups in total. The smallest absolute Gasteiger partial charge is 0.329 e. The summed E-state index contributed by atoms with van der Waals surface area (Å²) in [7, 11) is 0. The van der Waals surface area contributed by atoms with Crippen LogP contribution >= 0.6 is 27.5 Å². The minimum Gasteiger partial charge on any atom is -0.454 e. The molecule has 0 bridgehead atoms. The van der Waals surface area contributed by atoms with Gasteiger partial charge in [-0.1, -0.05) is 23.7 Å². The number of ether oxygens (including phenoxy) is 2. The number of hydrazone groups is 1. The van der Waals surface area contributed by atoms with Crippen LogP contribution in [-0.4, -0.2) is 24.8 Å². The number of benzene rings is 2. The zero-order valence-electron chi connectivity index (χ0n) is 12.6. The van der Waals surface area contributed by atoms with Gasteiger partial charge in [-0.25, -0.2) is 5.43 Å². The second-order valence-corrected chi connectivity index (χ2v) is 6.12. The van der Waals surface area contributed by atoms with Gasteiger partial charge in [-0.15, -0.1) is 0 Å². The predicted molar refractivity (Wildman–Crippen MR) is 96.1 cm³/mol. The Balaban J connectivity index is 1.61. The van der Waals surface area contributed by atoms with Crippen LogP contribution < -0.4 is 20.2 Å². The summed E-state index contributed by atoms with van der Waals surface area (Å²) < 4.78 is 11.2. The largest absolute Gasteiger partial charge is 0.454 e. The van der Waals surface area contributed by atoms with E-state index in [1.165, 1.54) is 6.21 Å². The van der Waals surface area contributed by atoms with Gasteiger partial charge in [-0.3, -0.25) is 9.59 Å². The fourth-order valence-electron chi connectivity index (χ4n) is 1.98. The number of fused-ring (bicyclic) bond motifs is 1. The lowest BCUT2D eigenvalue weighted by Gasteiger charge is -2.05. The first kappa shape index (κ1) is 17.2. The zero-order chi connectivity index (χ0) is 17.8. The first-order chi connectivity index (χ1) is 12.0. The number of anilines is 1. The van der Waals surface area contributed by atoms with Crippen molar-refractivity contribution in [2.75, 3.05) is 12.1 Å². The lowest BCUT2D eigenvalue weighted by atomic mass is 10.2. The summed E-state index contributed by atoms with van der Waals surface area (Å²) in [6.07, 6.45) is 1.38. The van der Waals surface area contributed by atoms with Crippen molar-refractivity contribution in [2.45, 2.75) is 0 Å². The average molecular weight is 425 g/mol. The standard InChI is InChI=1S/C16H11BrClN3O4/c17-10-6-14-13(24-8-25-14)5-9(10)7-19-21-16(23)15(22)20-12-4-2-1-3-11(12)18/h1-7H,8H2,(H,20,22)(H,21,23)/b19-7-. The highest BCUT2D eigenvalue weighted by molar-refractivity contribution is 9.10. The van der Waals surface area contributed by atoms with Crippen molar-refractivity contribution in [2.24, 2.45) is 5.10 Å². The van der Waals surface area contributed by atoms with Crippen LogP contribution in [0.4, 0.5) is 5.69 Å². The van der Waals surface area contributed by atoms with Crippen LogP contribution in [0.1, 0.15) is 5.56 Å². The Hall–Kier alpha value is -2.58. The van der Waals surface area contributed by atoms with Gasteiger partial charge in [0.15, 0.2) is 11.5 Å². The van der Waals surface area contributed by atoms with Crippen molar-refractivity contribution in [3.05, 3.63) is 51.5 Å². The summed E-state index contributed by atoms with van der Waals surface area (Å²) in [4.78, 5) is 23.6. The number of para-hydroxylation sites is 1. The third-order valence-electron chi connectivity index (χ3n) is 3.19. The Morgan fingerprint density at radius 3 is 2.64 bits per heavy atom. The van der Waals surface area contributed by atoms with E-state index >= 15 is 0 Å². The molecule has 2 amide bonds. The number of carbonyl (C=O) groups excluding carboxylic acids is 2. The van der Waals surface area contributed by atoms with Gasteiger partial charge in [0, 0.05) is 10.0 Å². The monoisotopic (exact) mass is 423 g/mol. The van der Waals surface area contributed by atoms with Crippen molar-refractivity contribution in [1.29, 1.82) is 0 Å². The average Bonchev–Trinajstić information content (AvgIpc) is 3.04. The summed E-state index contributed by atoms with van der Waals surface area (Å²) in [5, 5.41) is 6.50. The molecule has 3 rings (SSSR count). The Morgan fingerprint density at radius 2 is 1.88 bits per heavy atom. The van der Waals surface area contributed by atoms with Gasteiger partial charge < -0.3 is 14.8 Å². The van der Waals surface area contributed by atoms with E-state index in [0.717, 1.165) is 0 Å². The molecule has 2 aromatic rings. The number of halogens is 2. The fourth-order valence-corrected chi connectivity index (χ4v) is 2.59. The molecule has 1 aliphatic rings. The van der Waals surface area contributed by atoms with Gasteiger partial charge in [0.2, 0.25) is 6.79 Å².